The lowest BCUT2D eigenvalue weighted by atomic mass is 10.2. The SMILES string of the molecule is COc1cn(CC(=O)NCc2ccco2)c(CN2CCSCC2)cc1=O. The minimum absolute atomic E-state index is 0.120. The van der Waals surface area contributed by atoms with E-state index in [9.17, 15) is 9.59 Å². The fraction of sp³-hybridized carbons (Fsp3) is 0.444. The summed E-state index contributed by atoms with van der Waals surface area (Å²) < 4.78 is 12.1. The third-order valence-electron chi connectivity index (χ3n) is 4.25. The van der Waals surface area contributed by atoms with Gasteiger partial charge in [-0.25, -0.2) is 0 Å². The van der Waals surface area contributed by atoms with Crippen molar-refractivity contribution in [2.24, 2.45) is 0 Å². The van der Waals surface area contributed by atoms with Crippen molar-refractivity contribution in [3.63, 3.8) is 0 Å². The maximum atomic E-state index is 12.3. The average molecular weight is 377 g/mol. The van der Waals surface area contributed by atoms with Crippen LogP contribution in [0.1, 0.15) is 11.5 Å². The molecule has 1 fully saturated rings. The number of hydrogen-bond donors (Lipinski definition) is 1. The average Bonchev–Trinajstić information content (AvgIpc) is 3.16. The number of carbonyl (C=O) groups excluding carboxylic acids is 1. The fourth-order valence-electron chi connectivity index (χ4n) is 2.83. The molecule has 0 aliphatic carbocycles. The van der Waals surface area contributed by atoms with E-state index >= 15 is 0 Å². The van der Waals surface area contributed by atoms with Crippen molar-refractivity contribution in [2.75, 3.05) is 31.7 Å². The lowest BCUT2D eigenvalue weighted by Gasteiger charge is -2.27. The highest BCUT2D eigenvalue weighted by Gasteiger charge is 2.16. The molecule has 0 saturated carbocycles. The van der Waals surface area contributed by atoms with Gasteiger partial charge in [-0.05, 0) is 12.1 Å². The van der Waals surface area contributed by atoms with Gasteiger partial charge in [0.25, 0.3) is 0 Å². The maximum absolute atomic E-state index is 12.3. The normalized spacial score (nSPS) is 15.0. The summed E-state index contributed by atoms with van der Waals surface area (Å²) >= 11 is 1.94. The van der Waals surface area contributed by atoms with Crippen LogP contribution >= 0.6 is 11.8 Å². The van der Waals surface area contributed by atoms with Crippen LogP contribution in [0.4, 0.5) is 0 Å². The molecule has 0 spiro atoms. The molecular formula is C18H23N3O4S. The Kier molecular flexibility index (Phi) is 6.40. The summed E-state index contributed by atoms with van der Waals surface area (Å²) in [7, 11) is 1.46. The number of furan rings is 1. The van der Waals surface area contributed by atoms with Gasteiger partial charge in [-0.3, -0.25) is 14.5 Å². The number of hydrogen-bond acceptors (Lipinski definition) is 6. The molecule has 0 bridgehead atoms. The monoisotopic (exact) mass is 377 g/mol. The van der Waals surface area contributed by atoms with E-state index in [1.165, 1.54) is 7.11 Å². The van der Waals surface area contributed by atoms with Crippen LogP contribution in [0.15, 0.2) is 39.9 Å². The minimum Gasteiger partial charge on any atom is -0.491 e. The van der Waals surface area contributed by atoms with Crippen molar-refractivity contribution in [1.29, 1.82) is 0 Å². The van der Waals surface area contributed by atoms with E-state index in [1.807, 2.05) is 17.8 Å². The molecule has 7 nitrogen and oxygen atoms in total. The second-order valence-electron chi connectivity index (χ2n) is 6.07. The topological polar surface area (TPSA) is 76.7 Å². The number of amides is 1. The molecule has 1 aliphatic heterocycles. The van der Waals surface area contributed by atoms with Crippen molar-refractivity contribution in [2.45, 2.75) is 19.6 Å². The first-order chi connectivity index (χ1) is 12.7. The molecule has 8 heteroatoms. The molecule has 26 heavy (non-hydrogen) atoms. The smallest absolute Gasteiger partial charge is 0.240 e. The van der Waals surface area contributed by atoms with Crippen LogP contribution in [-0.2, 0) is 24.4 Å². The zero-order chi connectivity index (χ0) is 18.4. The Bertz CT molecular complexity index is 782. The molecule has 0 aromatic carbocycles. The number of carbonyl (C=O) groups is 1. The molecule has 2 aromatic heterocycles. The molecule has 3 rings (SSSR count). The molecule has 0 atom stereocenters. The molecule has 3 heterocycles. The summed E-state index contributed by atoms with van der Waals surface area (Å²) in [5.41, 5.74) is 0.650. The molecule has 2 aromatic rings. The van der Waals surface area contributed by atoms with Gasteiger partial charge in [0.1, 0.15) is 12.3 Å². The number of nitrogens with zero attached hydrogens (tertiary/aromatic N) is 2. The summed E-state index contributed by atoms with van der Waals surface area (Å²) in [5.74, 6) is 2.96. The van der Waals surface area contributed by atoms with Gasteiger partial charge in [0.15, 0.2) is 5.75 Å². The zero-order valence-electron chi connectivity index (χ0n) is 14.8. The Morgan fingerprint density at radius 2 is 2.19 bits per heavy atom. The van der Waals surface area contributed by atoms with Crippen LogP contribution in [0.25, 0.3) is 0 Å². The lowest BCUT2D eigenvalue weighted by molar-refractivity contribution is -0.122. The van der Waals surface area contributed by atoms with Gasteiger partial charge in [-0.2, -0.15) is 11.8 Å². The number of aromatic nitrogens is 1. The van der Waals surface area contributed by atoms with E-state index in [0.717, 1.165) is 30.3 Å². The van der Waals surface area contributed by atoms with Gasteiger partial charge in [-0.15, -0.1) is 0 Å². The van der Waals surface area contributed by atoms with Gasteiger partial charge in [0.2, 0.25) is 11.3 Å². The van der Waals surface area contributed by atoms with Gasteiger partial charge >= 0.3 is 0 Å². The first kappa shape index (κ1) is 18.6. The van der Waals surface area contributed by atoms with Crippen LogP contribution in [-0.4, -0.2) is 47.1 Å². The van der Waals surface area contributed by atoms with E-state index in [-0.39, 0.29) is 23.6 Å². The highest BCUT2D eigenvalue weighted by Crippen LogP contribution is 2.14. The quantitative estimate of drug-likeness (QED) is 0.784. The van der Waals surface area contributed by atoms with E-state index in [0.29, 0.717) is 18.8 Å². The number of nitrogens with one attached hydrogen (secondary N) is 1. The third-order valence-corrected chi connectivity index (χ3v) is 5.19. The van der Waals surface area contributed by atoms with Crippen molar-refractivity contribution in [3.05, 3.63) is 52.3 Å². The summed E-state index contributed by atoms with van der Waals surface area (Å²) in [5, 5.41) is 2.83. The van der Waals surface area contributed by atoms with Gasteiger partial charge in [0.05, 0.1) is 26.1 Å². The lowest BCUT2D eigenvalue weighted by Crippen LogP contribution is -2.35. The Balaban J connectivity index is 1.72. The van der Waals surface area contributed by atoms with E-state index in [2.05, 4.69) is 10.2 Å². The number of thioether (sulfide) groups is 1. The Morgan fingerprint density at radius 3 is 2.88 bits per heavy atom. The molecule has 0 radical (unpaired) electrons. The number of methoxy groups -OCH3 is 1. The zero-order valence-corrected chi connectivity index (χ0v) is 15.6. The molecule has 0 unspecified atom stereocenters. The first-order valence-electron chi connectivity index (χ1n) is 8.52. The summed E-state index contributed by atoms with van der Waals surface area (Å²) in [6.45, 7) is 3.06. The fourth-order valence-corrected chi connectivity index (χ4v) is 3.81. The molecule has 1 aliphatic rings. The summed E-state index contributed by atoms with van der Waals surface area (Å²) in [4.78, 5) is 26.8. The summed E-state index contributed by atoms with van der Waals surface area (Å²) in [6.07, 6.45) is 3.19. The van der Waals surface area contributed by atoms with Crippen molar-refractivity contribution in [3.8, 4) is 5.75 Å². The van der Waals surface area contributed by atoms with Crippen LogP contribution in [0.2, 0.25) is 0 Å². The van der Waals surface area contributed by atoms with Gasteiger partial charge in [0, 0.05) is 42.9 Å². The summed E-state index contributed by atoms with van der Waals surface area (Å²) in [6, 6.07) is 5.16. The second-order valence-corrected chi connectivity index (χ2v) is 7.29. The molecule has 1 amide bonds. The van der Waals surface area contributed by atoms with Gasteiger partial charge < -0.3 is 19.0 Å². The van der Waals surface area contributed by atoms with Crippen LogP contribution in [0, 0.1) is 0 Å². The van der Waals surface area contributed by atoms with E-state index in [4.69, 9.17) is 9.15 Å². The maximum Gasteiger partial charge on any atom is 0.240 e. The van der Waals surface area contributed by atoms with Crippen molar-refractivity contribution < 1.29 is 13.9 Å². The Morgan fingerprint density at radius 1 is 1.38 bits per heavy atom. The van der Waals surface area contributed by atoms with Crippen LogP contribution < -0.4 is 15.5 Å². The number of ether oxygens (including phenoxy) is 1. The largest absolute Gasteiger partial charge is 0.491 e. The third kappa shape index (κ3) is 4.92. The highest BCUT2D eigenvalue weighted by molar-refractivity contribution is 7.99. The predicted octanol–water partition coefficient (Wildman–Crippen LogP) is 1.32. The minimum atomic E-state index is -0.166. The highest BCUT2D eigenvalue weighted by atomic mass is 32.2. The number of rotatable bonds is 7. The Hall–Kier alpha value is -2.19. The molecule has 1 saturated heterocycles. The predicted molar refractivity (Wildman–Crippen MR) is 100 cm³/mol. The van der Waals surface area contributed by atoms with Gasteiger partial charge in [-0.1, -0.05) is 0 Å². The van der Waals surface area contributed by atoms with E-state index in [1.54, 1.807) is 29.2 Å². The Labute approximate surface area is 156 Å². The van der Waals surface area contributed by atoms with Crippen molar-refractivity contribution in [1.82, 2.24) is 14.8 Å². The standard InChI is InChI=1S/C18H23N3O4S/c1-24-17-12-21(13-18(23)19-10-15-3-2-6-25-15)14(9-16(17)22)11-20-4-7-26-8-5-20/h2-3,6,9,12H,4-5,7-8,10-11,13H2,1H3,(H,19,23). The number of pyridine rings is 1. The van der Waals surface area contributed by atoms with E-state index < -0.39 is 0 Å². The first-order valence-corrected chi connectivity index (χ1v) is 9.67. The van der Waals surface area contributed by atoms with Crippen LogP contribution in [0.3, 0.4) is 0 Å². The van der Waals surface area contributed by atoms with Crippen LogP contribution in [0.5, 0.6) is 5.75 Å². The molecule has 140 valence electrons. The van der Waals surface area contributed by atoms with Crippen molar-refractivity contribution >= 4 is 17.7 Å². The second kappa shape index (κ2) is 8.95. The molecule has 1 N–H and O–H groups in total. The molecular weight excluding hydrogens is 354 g/mol.